The summed E-state index contributed by atoms with van der Waals surface area (Å²) < 4.78 is 0. The molecule has 1 aromatic heterocycles. The molecular weight excluding hydrogens is 328 g/mol. The van der Waals surface area contributed by atoms with Gasteiger partial charge in [0.2, 0.25) is 0 Å². The van der Waals surface area contributed by atoms with Crippen molar-refractivity contribution in [1.82, 2.24) is 9.97 Å². The molecule has 140 valence electrons. The van der Waals surface area contributed by atoms with E-state index >= 15 is 0 Å². The van der Waals surface area contributed by atoms with E-state index in [4.69, 9.17) is 10.1 Å². The van der Waals surface area contributed by atoms with E-state index in [-0.39, 0.29) is 12.5 Å². The zero-order chi connectivity index (χ0) is 18.7. The molecule has 2 aromatic rings. The number of aliphatic hydroxyl groups excluding tert-OH is 2. The first-order chi connectivity index (χ1) is 12.5. The van der Waals surface area contributed by atoms with Crippen molar-refractivity contribution in [1.29, 1.82) is 0 Å². The average molecular weight is 356 g/mol. The van der Waals surface area contributed by atoms with E-state index in [0.717, 1.165) is 42.5 Å². The molecule has 3 N–H and O–H groups in total. The Morgan fingerprint density at radius 2 is 1.96 bits per heavy atom. The first-order valence-electron chi connectivity index (χ1n) is 9.26. The van der Waals surface area contributed by atoms with Crippen molar-refractivity contribution in [3.63, 3.8) is 0 Å². The maximum Gasteiger partial charge on any atom is 0.135 e. The molecule has 0 amide bonds. The highest BCUT2D eigenvalue weighted by Crippen LogP contribution is 2.28. The fourth-order valence-corrected chi connectivity index (χ4v) is 3.18. The molecule has 0 fully saturated rings. The second kappa shape index (κ2) is 8.01. The number of nitrogens with one attached hydrogen (secondary N) is 1. The summed E-state index contributed by atoms with van der Waals surface area (Å²) in [5.74, 6) is 2.70. The molecule has 0 unspecified atom stereocenters. The molecule has 26 heavy (non-hydrogen) atoms. The summed E-state index contributed by atoms with van der Waals surface area (Å²) in [5, 5.41) is 22.0. The molecule has 1 aliphatic rings. The maximum atomic E-state index is 9.79. The predicted molar refractivity (Wildman–Crippen MR) is 104 cm³/mol. The van der Waals surface area contributed by atoms with E-state index in [2.05, 4.69) is 41.2 Å². The molecule has 0 saturated carbocycles. The molecular formula is C20H28N4O2. The highest BCUT2D eigenvalue weighted by Gasteiger charge is 2.20. The lowest BCUT2D eigenvalue weighted by Gasteiger charge is -2.31. The number of hydrogen-bond acceptors (Lipinski definition) is 6. The third-order valence-corrected chi connectivity index (χ3v) is 4.71. The van der Waals surface area contributed by atoms with Crippen molar-refractivity contribution in [3.8, 4) is 0 Å². The van der Waals surface area contributed by atoms with E-state index < -0.39 is 6.10 Å². The molecule has 2 heterocycles. The Labute approximate surface area is 154 Å². The molecule has 0 saturated heterocycles. The fourth-order valence-electron chi connectivity index (χ4n) is 3.18. The number of nitrogens with zero attached hydrogens (tertiary/aromatic N) is 3. The van der Waals surface area contributed by atoms with Gasteiger partial charge in [-0.1, -0.05) is 32.0 Å². The number of anilines is 2. The van der Waals surface area contributed by atoms with E-state index in [0.29, 0.717) is 6.54 Å². The van der Waals surface area contributed by atoms with Crippen LogP contribution in [0.15, 0.2) is 24.3 Å². The Balaban J connectivity index is 1.86. The quantitative estimate of drug-likeness (QED) is 0.738. The van der Waals surface area contributed by atoms with Crippen LogP contribution in [0.4, 0.5) is 11.6 Å². The largest absolute Gasteiger partial charge is 0.395 e. The Morgan fingerprint density at radius 1 is 1.15 bits per heavy atom. The Morgan fingerprint density at radius 3 is 2.65 bits per heavy atom. The summed E-state index contributed by atoms with van der Waals surface area (Å²) >= 11 is 0. The second-order valence-corrected chi connectivity index (χ2v) is 7.15. The number of benzene rings is 1. The molecule has 0 spiro atoms. The van der Waals surface area contributed by atoms with Crippen LogP contribution in [0.5, 0.6) is 0 Å². The van der Waals surface area contributed by atoms with E-state index in [1.165, 1.54) is 11.1 Å². The molecule has 6 heteroatoms. The molecule has 0 aliphatic carbocycles. The van der Waals surface area contributed by atoms with Crippen molar-refractivity contribution >= 4 is 11.6 Å². The standard InChI is InChI=1S/C20H28N4O2/c1-13(2)20-22-18(21-7-9-25)11-19(23-20)24-8-6-16-10-15(14(3)26)4-5-17(16)12-24/h4-5,10-11,13-14,25-26H,6-9,12H2,1-3H3,(H,21,22,23)/t14-/m0/s1. The van der Waals surface area contributed by atoms with Gasteiger partial charge in [0.15, 0.2) is 0 Å². The lowest BCUT2D eigenvalue weighted by atomic mass is 9.96. The molecule has 1 aliphatic heterocycles. The molecule has 1 aromatic carbocycles. The topological polar surface area (TPSA) is 81.5 Å². The lowest BCUT2D eigenvalue weighted by molar-refractivity contribution is 0.199. The van der Waals surface area contributed by atoms with Crippen molar-refractivity contribution < 1.29 is 10.2 Å². The van der Waals surface area contributed by atoms with Gasteiger partial charge in [0.25, 0.3) is 0 Å². The van der Waals surface area contributed by atoms with Gasteiger partial charge in [0, 0.05) is 31.6 Å². The smallest absolute Gasteiger partial charge is 0.135 e. The third kappa shape index (κ3) is 4.14. The maximum absolute atomic E-state index is 9.79. The van der Waals surface area contributed by atoms with Crippen LogP contribution in [0.3, 0.4) is 0 Å². The predicted octanol–water partition coefficient (Wildman–Crippen LogP) is 2.62. The number of hydrogen-bond donors (Lipinski definition) is 3. The van der Waals surface area contributed by atoms with Gasteiger partial charge in [-0.05, 0) is 30.0 Å². The van der Waals surface area contributed by atoms with Crippen LogP contribution in [0.2, 0.25) is 0 Å². The van der Waals surface area contributed by atoms with Gasteiger partial charge in [-0.3, -0.25) is 0 Å². The number of aromatic nitrogens is 2. The molecule has 1 atom stereocenters. The average Bonchev–Trinajstić information content (AvgIpc) is 2.65. The number of fused-ring (bicyclic) bond motifs is 1. The SMILES string of the molecule is CC(C)c1nc(NCCO)cc(N2CCc3cc([C@H](C)O)ccc3C2)n1. The lowest BCUT2D eigenvalue weighted by Crippen LogP contribution is -2.31. The van der Waals surface area contributed by atoms with Gasteiger partial charge in [-0.25, -0.2) is 9.97 Å². The van der Waals surface area contributed by atoms with Gasteiger partial charge in [-0.2, -0.15) is 0 Å². The number of aliphatic hydroxyl groups is 2. The van der Waals surface area contributed by atoms with Gasteiger partial charge < -0.3 is 20.4 Å². The van der Waals surface area contributed by atoms with Crippen LogP contribution in [0.25, 0.3) is 0 Å². The van der Waals surface area contributed by atoms with Gasteiger partial charge in [0.1, 0.15) is 17.5 Å². The van der Waals surface area contributed by atoms with Gasteiger partial charge in [-0.15, -0.1) is 0 Å². The van der Waals surface area contributed by atoms with Crippen molar-refractivity contribution in [2.24, 2.45) is 0 Å². The highest BCUT2D eigenvalue weighted by atomic mass is 16.3. The van der Waals surface area contributed by atoms with Crippen molar-refractivity contribution in [2.45, 2.75) is 45.8 Å². The Bertz CT molecular complexity index is 761. The minimum absolute atomic E-state index is 0.0685. The summed E-state index contributed by atoms with van der Waals surface area (Å²) in [6.07, 6.45) is 0.491. The normalized spacial score (nSPS) is 15.1. The van der Waals surface area contributed by atoms with Crippen LogP contribution in [-0.4, -0.2) is 39.9 Å². The van der Waals surface area contributed by atoms with Gasteiger partial charge in [0.05, 0.1) is 12.7 Å². The van der Waals surface area contributed by atoms with Crippen LogP contribution in [0, 0.1) is 0 Å². The fraction of sp³-hybridized carbons (Fsp3) is 0.500. The van der Waals surface area contributed by atoms with Gasteiger partial charge >= 0.3 is 0 Å². The highest BCUT2D eigenvalue weighted by molar-refractivity contribution is 5.52. The minimum Gasteiger partial charge on any atom is -0.395 e. The van der Waals surface area contributed by atoms with E-state index in [1.54, 1.807) is 6.92 Å². The zero-order valence-electron chi connectivity index (χ0n) is 15.7. The second-order valence-electron chi connectivity index (χ2n) is 7.15. The Hall–Kier alpha value is -2.18. The van der Waals surface area contributed by atoms with Crippen molar-refractivity contribution in [2.75, 3.05) is 29.9 Å². The van der Waals surface area contributed by atoms with E-state index in [9.17, 15) is 5.11 Å². The minimum atomic E-state index is -0.436. The third-order valence-electron chi connectivity index (χ3n) is 4.71. The first-order valence-corrected chi connectivity index (χ1v) is 9.26. The summed E-state index contributed by atoms with van der Waals surface area (Å²) in [6.45, 7) is 8.17. The van der Waals surface area contributed by atoms with Crippen molar-refractivity contribution in [3.05, 3.63) is 46.8 Å². The van der Waals surface area contributed by atoms with Crippen LogP contribution >= 0.6 is 0 Å². The summed E-state index contributed by atoms with van der Waals surface area (Å²) in [4.78, 5) is 11.6. The molecule has 6 nitrogen and oxygen atoms in total. The summed E-state index contributed by atoms with van der Waals surface area (Å²) in [6, 6.07) is 8.18. The summed E-state index contributed by atoms with van der Waals surface area (Å²) in [5.41, 5.74) is 3.54. The van der Waals surface area contributed by atoms with Crippen LogP contribution < -0.4 is 10.2 Å². The molecule has 3 rings (SSSR count). The van der Waals surface area contributed by atoms with E-state index in [1.807, 2.05) is 12.1 Å². The monoisotopic (exact) mass is 356 g/mol. The summed E-state index contributed by atoms with van der Waals surface area (Å²) in [7, 11) is 0. The first kappa shape index (κ1) is 18.6. The number of rotatable bonds is 6. The zero-order valence-corrected chi connectivity index (χ0v) is 15.7. The van der Waals surface area contributed by atoms with Crippen LogP contribution in [0.1, 0.15) is 55.3 Å². The van der Waals surface area contributed by atoms with Crippen LogP contribution in [-0.2, 0) is 13.0 Å². The Kier molecular flexibility index (Phi) is 5.74. The molecule has 0 radical (unpaired) electrons. The molecule has 0 bridgehead atoms.